The Morgan fingerprint density at radius 2 is 1.65 bits per heavy atom. The van der Waals surface area contributed by atoms with Gasteiger partial charge in [-0.05, 0) is 35.7 Å². The van der Waals surface area contributed by atoms with Gasteiger partial charge in [-0.15, -0.1) is 0 Å². The number of hydrazine groups is 1. The lowest BCUT2D eigenvalue weighted by Crippen LogP contribution is -2.26. The molecule has 17 heavy (non-hydrogen) atoms. The van der Waals surface area contributed by atoms with Crippen molar-refractivity contribution >= 4 is 0 Å². The number of hydrogen-bond acceptors (Lipinski definition) is 4. The van der Waals surface area contributed by atoms with Crippen LogP contribution in [0.4, 0.5) is 0 Å². The van der Waals surface area contributed by atoms with Gasteiger partial charge in [-0.25, -0.2) is 10.9 Å². The maximum absolute atomic E-state index is 4.15. The summed E-state index contributed by atoms with van der Waals surface area (Å²) in [5.41, 5.74) is 9.11. The second-order valence-corrected chi connectivity index (χ2v) is 4.20. The first-order chi connectivity index (χ1) is 8.43. The van der Waals surface area contributed by atoms with Crippen LogP contribution in [0.2, 0.25) is 0 Å². The second kappa shape index (κ2) is 4.61. The SMILES string of the molecule is c1cncc(C2CC(c3ccncc3)NN2)c1. The predicted molar refractivity (Wildman–Crippen MR) is 64.8 cm³/mol. The van der Waals surface area contributed by atoms with E-state index in [4.69, 9.17) is 0 Å². The number of hydrogen-bond donors (Lipinski definition) is 2. The van der Waals surface area contributed by atoms with E-state index in [1.54, 1.807) is 6.20 Å². The fourth-order valence-corrected chi connectivity index (χ4v) is 2.17. The molecule has 4 heteroatoms. The van der Waals surface area contributed by atoms with Crippen LogP contribution < -0.4 is 10.9 Å². The van der Waals surface area contributed by atoms with E-state index < -0.39 is 0 Å². The van der Waals surface area contributed by atoms with Crippen LogP contribution in [0.5, 0.6) is 0 Å². The van der Waals surface area contributed by atoms with Crippen molar-refractivity contribution < 1.29 is 0 Å². The number of nitrogens with zero attached hydrogens (tertiary/aromatic N) is 2. The van der Waals surface area contributed by atoms with Gasteiger partial charge < -0.3 is 0 Å². The van der Waals surface area contributed by atoms with Crippen molar-refractivity contribution in [2.24, 2.45) is 0 Å². The molecule has 0 saturated carbocycles. The van der Waals surface area contributed by atoms with Crippen molar-refractivity contribution in [1.29, 1.82) is 0 Å². The molecular formula is C13H14N4. The van der Waals surface area contributed by atoms with Crippen LogP contribution >= 0.6 is 0 Å². The minimum Gasteiger partial charge on any atom is -0.265 e. The van der Waals surface area contributed by atoms with Gasteiger partial charge in [0.05, 0.1) is 0 Å². The highest BCUT2D eigenvalue weighted by molar-refractivity contribution is 5.21. The van der Waals surface area contributed by atoms with E-state index in [1.165, 1.54) is 11.1 Å². The van der Waals surface area contributed by atoms with Gasteiger partial charge in [0.15, 0.2) is 0 Å². The first-order valence-electron chi connectivity index (χ1n) is 5.74. The van der Waals surface area contributed by atoms with Crippen molar-refractivity contribution in [1.82, 2.24) is 20.8 Å². The Morgan fingerprint density at radius 1 is 0.882 bits per heavy atom. The van der Waals surface area contributed by atoms with Crippen LogP contribution in [0.25, 0.3) is 0 Å². The lowest BCUT2D eigenvalue weighted by molar-refractivity contribution is 0.554. The van der Waals surface area contributed by atoms with Gasteiger partial charge >= 0.3 is 0 Å². The van der Waals surface area contributed by atoms with E-state index in [2.05, 4.69) is 26.9 Å². The molecule has 86 valence electrons. The molecule has 1 aliphatic rings. The lowest BCUT2D eigenvalue weighted by atomic mass is 9.99. The van der Waals surface area contributed by atoms with E-state index in [-0.39, 0.29) is 0 Å². The summed E-state index contributed by atoms with van der Waals surface area (Å²) in [5, 5.41) is 0. The van der Waals surface area contributed by atoms with Crippen LogP contribution in [-0.4, -0.2) is 9.97 Å². The Labute approximate surface area is 100 Å². The summed E-state index contributed by atoms with van der Waals surface area (Å²) in [6.07, 6.45) is 8.39. The smallest absolute Gasteiger partial charge is 0.0496 e. The predicted octanol–water partition coefficient (Wildman–Crippen LogP) is 1.76. The summed E-state index contributed by atoms with van der Waals surface area (Å²) < 4.78 is 0. The van der Waals surface area contributed by atoms with E-state index in [1.807, 2.05) is 36.8 Å². The van der Waals surface area contributed by atoms with Crippen LogP contribution in [-0.2, 0) is 0 Å². The maximum Gasteiger partial charge on any atom is 0.0496 e. The number of nitrogens with one attached hydrogen (secondary N) is 2. The summed E-state index contributed by atoms with van der Waals surface area (Å²) in [6, 6.07) is 8.82. The molecule has 2 aromatic rings. The van der Waals surface area contributed by atoms with Gasteiger partial charge in [-0.3, -0.25) is 9.97 Å². The van der Waals surface area contributed by atoms with Crippen molar-refractivity contribution in [2.45, 2.75) is 18.5 Å². The Hall–Kier alpha value is -1.78. The Kier molecular flexibility index (Phi) is 2.81. The molecule has 3 heterocycles. The Balaban J connectivity index is 1.75. The molecule has 0 spiro atoms. The standard InChI is InChI=1S/C13H14N4/c1-2-11(9-15-5-1)13-8-12(16-17-13)10-3-6-14-7-4-10/h1-7,9,12-13,16-17H,8H2. The van der Waals surface area contributed by atoms with E-state index >= 15 is 0 Å². The highest BCUT2D eigenvalue weighted by Crippen LogP contribution is 2.29. The van der Waals surface area contributed by atoms with Gasteiger partial charge in [-0.2, -0.15) is 0 Å². The van der Waals surface area contributed by atoms with Crippen molar-refractivity contribution in [2.75, 3.05) is 0 Å². The average molecular weight is 226 g/mol. The minimum atomic E-state index is 0.321. The van der Waals surface area contributed by atoms with Crippen LogP contribution in [0.3, 0.4) is 0 Å². The summed E-state index contributed by atoms with van der Waals surface area (Å²) in [5.74, 6) is 0. The Bertz CT molecular complexity index is 426. The maximum atomic E-state index is 4.15. The van der Waals surface area contributed by atoms with Gasteiger partial charge in [-0.1, -0.05) is 6.07 Å². The highest BCUT2D eigenvalue weighted by Gasteiger charge is 2.25. The van der Waals surface area contributed by atoms with E-state index in [9.17, 15) is 0 Å². The topological polar surface area (TPSA) is 49.8 Å². The zero-order chi connectivity index (χ0) is 11.5. The zero-order valence-corrected chi connectivity index (χ0v) is 9.38. The van der Waals surface area contributed by atoms with Crippen molar-refractivity contribution in [3.05, 3.63) is 60.2 Å². The van der Waals surface area contributed by atoms with E-state index in [0.717, 1.165) is 6.42 Å². The van der Waals surface area contributed by atoms with Gasteiger partial charge in [0, 0.05) is 36.9 Å². The fourth-order valence-electron chi connectivity index (χ4n) is 2.17. The molecule has 2 N–H and O–H groups in total. The first-order valence-corrected chi connectivity index (χ1v) is 5.74. The largest absolute Gasteiger partial charge is 0.265 e. The van der Waals surface area contributed by atoms with Crippen LogP contribution in [0.1, 0.15) is 29.6 Å². The molecule has 0 aliphatic carbocycles. The number of rotatable bonds is 2. The third kappa shape index (κ3) is 2.18. The summed E-state index contributed by atoms with van der Waals surface area (Å²) in [6.45, 7) is 0. The monoisotopic (exact) mass is 226 g/mol. The summed E-state index contributed by atoms with van der Waals surface area (Å²) in [4.78, 5) is 8.19. The summed E-state index contributed by atoms with van der Waals surface area (Å²) in [7, 11) is 0. The average Bonchev–Trinajstić information content (AvgIpc) is 2.90. The van der Waals surface area contributed by atoms with Crippen molar-refractivity contribution in [3.8, 4) is 0 Å². The highest BCUT2D eigenvalue weighted by atomic mass is 15.4. The molecule has 2 unspecified atom stereocenters. The van der Waals surface area contributed by atoms with Gasteiger partial charge in [0.1, 0.15) is 0 Å². The normalized spacial score (nSPS) is 23.8. The third-order valence-corrected chi connectivity index (χ3v) is 3.10. The van der Waals surface area contributed by atoms with Crippen LogP contribution in [0.15, 0.2) is 49.1 Å². The quantitative estimate of drug-likeness (QED) is 0.819. The second-order valence-electron chi connectivity index (χ2n) is 4.20. The molecular weight excluding hydrogens is 212 g/mol. The molecule has 2 aromatic heterocycles. The molecule has 4 nitrogen and oxygen atoms in total. The number of pyridine rings is 2. The molecule has 0 aromatic carbocycles. The van der Waals surface area contributed by atoms with Crippen LogP contribution in [0, 0.1) is 0 Å². The molecule has 0 amide bonds. The molecule has 0 bridgehead atoms. The fraction of sp³-hybridized carbons (Fsp3) is 0.231. The zero-order valence-electron chi connectivity index (χ0n) is 9.38. The van der Waals surface area contributed by atoms with E-state index in [0.29, 0.717) is 12.1 Å². The molecule has 3 rings (SSSR count). The number of aromatic nitrogens is 2. The van der Waals surface area contributed by atoms with Crippen molar-refractivity contribution in [3.63, 3.8) is 0 Å². The lowest BCUT2D eigenvalue weighted by Gasteiger charge is -2.09. The summed E-state index contributed by atoms with van der Waals surface area (Å²) >= 11 is 0. The molecule has 2 atom stereocenters. The minimum absolute atomic E-state index is 0.321. The molecule has 1 saturated heterocycles. The van der Waals surface area contributed by atoms with Gasteiger partial charge in [0.25, 0.3) is 0 Å². The molecule has 0 radical (unpaired) electrons. The molecule has 1 fully saturated rings. The molecule has 1 aliphatic heterocycles. The third-order valence-electron chi connectivity index (χ3n) is 3.10. The first kappa shape index (κ1) is 10.4. The Morgan fingerprint density at radius 3 is 2.35 bits per heavy atom. The van der Waals surface area contributed by atoms with Gasteiger partial charge in [0.2, 0.25) is 0 Å².